The minimum Gasteiger partial charge on any atom is -0.464 e. The molecule has 2 aliphatic rings. The fraction of sp³-hybridized carbons (Fsp3) is 0.564. The molecule has 1 aliphatic carbocycles. The Labute approximate surface area is 280 Å². The Morgan fingerprint density at radius 1 is 0.681 bits per heavy atom. The molecule has 1 saturated heterocycles. The van der Waals surface area contributed by atoms with Crippen molar-refractivity contribution >= 4 is 17.9 Å². The molecular formula is C39H52O8. The standard InChI is InChI=1S/C39H52O8/c1-4-7-25-44-37(41)35-36(38(42)45-26-8-5-2)47-39(46-35)33-23-21-32(22-24-33)31-19-17-30(18-20-31)29-15-13-28(14-16-29)12-10-9-11-27-43-34(40)6-3/h6,17-24,28-29,35-36,39H,3-5,7-16,25-27H2,1-2H3/t28?,29?,35-,36-/m1/s1. The van der Waals surface area contributed by atoms with E-state index in [0.717, 1.165) is 55.6 Å². The van der Waals surface area contributed by atoms with E-state index in [-0.39, 0.29) is 19.2 Å². The van der Waals surface area contributed by atoms with Gasteiger partial charge in [0.05, 0.1) is 19.8 Å². The molecule has 2 aromatic rings. The number of esters is 3. The summed E-state index contributed by atoms with van der Waals surface area (Å²) >= 11 is 0. The first-order chi connectivity index (χ1) is 22.9. The van der Waals surface area contributed by atoms with Gasteiger partial charge < -0.3 is 23.7 Å². The Kier molecular flexibility index (Phi) is 15.0. The molecule has 0 radical (unpaired) electrons. The van der Waals surface area contributed by atoms with Crippen molar-refractivity contribution in [2.45, 2.75) is 115 Å². The Morgan fingerprint density at radius 3 is 1.70 bits per heavy atom. The summed E-state index contributed by atoms with van der Waals surface area (Å²) < 4.78 is 27.7. The first-order valence-corrected chi connectivity index (χ1v) is 17.6. The van der Waals surface area contributed by atoms with Crippen LogP contribution in [0.1, 0.15) is 114 Å². The molecule has 0 bridgehead atoms. The van der Waals surface area contributed by atoms with Crippen molar-refractivity contribution in [2.24, 2.45) is 5.92 Å². The minimum absolute atomic E-state index is 0.269. The second-order valence-corrected chi connectivity index (χ2v) is 12.7. The lowest BCUT2D eigenvalue weighted by Crippen LogP contribution is -2.39. The third kappa shape index (κ3) is 11.0. The quantitative estimate of drug-likeness (QED) is 0.0688. The summed E-state index contributed by atoms with van der Waals surface area (Å²) in [4.78, 5) is 36.7. The van der Waals surface area contributed by atoms with Crippen LogP contribution in [-0.2, 0) is 38.1 Å². The van der Waals surface area contributed by atoms with Gasteiger partial charge in [0.2, 0.25) is 0 Å². The van der Waals surface area contributed by atoms with Crippen LogP contribution in [0.15, 0.2) is 61.2 Å². The van der Waals surface area contributed by atoms with E-state index in [1.807, 2.05) is 38.1 Å². The first-order valence-electron chi connectivity index (χ1n) is 17.6. The summed E-state index contributed by atoms with van der Waals surface area (Å²) in [5, 5.41) is 0. The molecule has 2 aromatic carbocycles. The molecule has 0 amide bonds. The fourth-order valence-corrected chi connectivity index (χ4v) is 6.26. The molecule has 256 valence electrons. The van der Waals surface area contributed by atoms with Gasteiger partial charge in [-0.1, -0.05) is 101 Å². The van der Waals surface area contributed by atoms with Gasteiger partial charge in [0.1, 0.15) is 0 Å². The Balaban J connectivity index is 1.27. The largest absolute Gasteiger partial charge is 0.464 e. The second-order valence-electron chi connectivity index (χ2n) is 12.7. The van der Waals surface area contributed by atoms with Crippen molar-refractivity contribution in [1.29, 1.82) is 0 Å². The van der Waals surface area contributed by atoms with Crippen LogP contribution in [0.25, 0.3) is 11.1 Å². The maximum absolute atomic E-state index is 12.8. The first kappa shape index (κ1) is 36.3. The number of rotatable bonds is 18. The lowest BCUT2D eigenvalue weighted by molar-refractivity contribution is -0.163. The van der Waals surface area contributed by atoms with Crippen molar-refractivity contribution in [3.63, 3.8) is 0 Å². The van der Waals surface area contributed by atoms with E-state index in [0.29, 0.717) is 18.1 Å². The number of carbonyl (C=O) groups is 3. The molecule has 47 heavy (non-hydrogen) atoms. The lowest BCUT2D eigenvalue weighted by Gasteiger charge is -2.29. The maximum Gasteiger partial charge on any atom is 0.338 e. The van der Waals surface area contributed by atoms with Crippen LogP contribution in [0.4, 0.5) is 0 Å². The van der Waals surface area contributed by atoms with Crippen LogP contribution in [-0.4, -0.2) is 49.9 Å². The van der Waals surface area contributed by atoms with Crippen LogP contribution in [0.3, 0.4) is 0 Å². The van der Waals surface area contributed by atoms with Gasteiger partial charge in [0, 0.05) is 11.6 Å². The molecule has 4 rings (SSSR count). The monoisotopic (exact) mass is 648 g/mol. The van der Waals surface area contributed by atoms with Gasteiger partial charge in [-0.05, 0) is 73.5 Å². The number of hydrogen-bond donors (Lipinski definition) is 0. The average molecular weight is 649 g/mol. The lowest BCUT2D eigenvalue weighted by atomic mass is 9.77. The molecule has 0 N–H and O–H groups in total. The zero-order chi connectivity index (χ0) is 33.4. The van der Waals surface area contributed by atoms with Gasteiger partial charge in [-0.2, -0.15) is 0 Å². The molecule has 1 heterocycles. The highest BCUT2D eigenvalue weighted by atomic mass is 16.8. The van der Waals surface area contributed by atoms with Crippen molar-refractivity contribution in [3.05, 3.63) is 72.3 Å². The zero-order valence-corrected chi connectivity index (χ0v) is 28.2. The number of unbranched alkanes of at least 4 members (excludes halogenated alkanes) is 4. The second kappa shape index (κ2) is 19.4. The third-order valence-corrected chi connectivity index (χ3v) is 9.18. The van der Waals surface area contributed by atoms with Crippen molar-refractivity contribution in [1.82, 2.24) is 0 Å². The fourth-order valence-electron chi connectivity index (χ4n) is 6.26. The summed E-state index contributed by atoms with van der Waals surface area (Å²) in [6.07, 6.45) is 10.6. The number of carbonyl (C=O) groups excluding carboxylic acids is 3. The highest BCUT2D eigenvalue weighted by molar-refractivity contribution is 5.86. The Bertz CT molecular complexity index is 1230. The van der Waals surface area contributed by atoms with Crippen LogP contribution >= 0.6 is 0 Å². The van der Waals surface area contributed by atoms with Gasteiger partial charge in [-0.3, -0.25) is 0 Å². The van der Waals surface area contributed by atoms with E-state index >= 15 is 0 Å². The van der Waals surface area contributed by atoms with Crippen molar-refractivity contribution in [2.75, 3.05) is 19.8 Å². The van der Waals surface area contributed by atoms with E-state index in [1.54, 1.807) is 0 Å². The van der Waals surface area contributed by atoms with E-state index in [4.69, 9.17) is 23.7 Å². The molecular weight excluding hydrogens is 596 g/mol. The van der Waals surface area contributed by atoms with Crippen molar-refractivity contribution in [3.8, 4) is 11.1 Å². The van der Waals surface area contributed by atoms with Crippen LogP contribution in [0.2, 0.25) is 0 Å². The molecule has 8 heteroatoms. The van der Waals surface area contributed by atoms with Crippen molar-refractivity contribution < 1.29 is 38.1 Å². The van der Waals surface area contributed by atoms with E-state index in [2.05, 4.69) is 30.8 Å². The third-order valence-electron chi connectivity index (χ3n) is 9.18. The normalized spacial score (nSPS) is 21.2. The Hall–Kier alpha value is -3.49. The summed E-state index contributed by atoms with van der Waals surface area (Å²) in [6.45, 7) is 8.47. The average Bonchev–Trinajstić information content (AvgIpc) is 3.56. The molecule has 1 saturated carbocycles. The molecule has 2 atom stereocenters. The number of ether oxygens (including phenoxy) is 5. The summed E-state index contributed by atoms with van der Waals surface area (Å²) in [5.41, 5.74) is 4.30. The summed E-state index contributed by atoms with van der Waals surface area (Å²) in [7, 11) is 0. The maximum atomic E-state index is 12.8. The summed E-state index contributed by atoms with van der Waals surface area (Å²) in [6, 6.07) is 16.7. The number of hydrogen-bond acceptors (Lipinski definition) is 8. The van der Waals surface area contributed by atoms with Gasteiger partial charge in [-0.15, -0.1) is 0 Å². The molecule has 0 aromatic heterocycles. The molecule has 2 fully saturated rings. The van der Waals surface area contributed by atoms with Crippen LogP contribution in [0, 0.1) is 5.92 Å². The molecule has 1 aliphatic heterocycles. The number of benzene rings is 2. The van der Waals surface area contributed by atoms with E-state index in [9.17, 15) is 14.4 Å². The van der Waals surface area contributed by atoms with Gasteiger partial charge >= 0.3 is 17.9 Å². The van der Waals surface area contributed by atoms with Crippen LogP contribution < -0.4 is 0 Å². The minimum atomic E-state index is -1.17. The topological polar surface area (TPSA) is 97.4 Å². The SMILES string of the molecule is C=CC(=O)OCCCCCC1CCC(c2ccc(-c3ccc(C4O[C@@H](C(=O)OCCCC)[C@H](C(=O)OCCCC)O4)cc3)cc2)CC1. The Morgan fingerprint density at radius 2 is 1.19 bits per heavy atom. The molecule has 0 spiro atoms. The van der Waals surface area contributed by atoms with E-state index in [1.165, 1.54) is 50.2 Å². The summed E-state index contributed by atoms with van der Waals surface area (Å²) in [5.74, 6) is -0.167. The van der Waals surface area contributed by atoms with Gasteiger partial charge in [0.25, 0.3) is 0 Å². The highest BCUT2D eigenvalue weighted by Gasteiger charge is 2.47. The van der Waals surface area contributed by atoms with E-state index < -0.39 is 30.4 Å². The zero-order valence-electron chi connectivity index (χ0n) is 28.2. The smallest absolute Gasteiger partial charge is 0.338 e. The predicted octanol–water partition coefficient (Wildman–Crippen LogP) is 8.39. The van der Waals surface area contributed by atoms with Gasteiger partial charge in [0.15, 0.2) is 18.5 Å². The molecule has 0 unspecified atom stereocenters. The van der Waals surface area contributed by atoms with Crippen LogP contribution in [0.5, 0.6) is 0 Å². The highest BCUT2D eigenvalue weighted by Crippen LogP contribution is 2.39. The van der Waals surface area contributed by atoms with Gasteiger partial charge in [-0.25, -0.2) is 14.4 Å². The molecule has 8 nitrogen and oxygen atoms in total. The predicted molar refractivity (Wildman–Crippen MR) is 180 cm³/mol.